The van der Waals surface area contributed by atoms with E-state index in [0.717, 1.165) is 22.4 Å². The molecule has 0 aliphatic carbocycles. The maximum atomic E-state index is 12.9. The van der Waals surface area contributed by atoms with Crippen molar-refractivity contribution in [2.45, 2.75) is 38.9 Å². The molecule has 0 spiro atoms. The highest BCUT2D eigenvalue weighted by molar-refractivity contribution is 5.83. The van der Waals surface area contributed by atoms with Crippen LogP contribution in [-0.2, 0) is 22.6 Å². The van der Waals surface area contributed by atoms with Gasteiger partial charge in [-0.3, -0.25) is 14.5 Å². The first-order valence-corrected chi connectivity index (χ1v) is 9.92. The van der Waals surface area contributed by atoms with Crippen molar-refractivity contribution in [3.63, 3.8) is 0 Å². The zero-order valence-electron chi connectivity index (χ0n) is 17.2. The molecular formula is C23H29N3O3. The Labute approximate surface area is 172 Å². The molecule has 154 valence electrons. The third-order valence-electron chi connectivity index (χ3n) is 5.48. The van der Waals surface area contributed by atoms with Crippen molar-refractivity contribution in [2.24, 2.45) is 11.7 Å². The highest BCUT2D eigenvalue weighted by atomic mass is 16.5. The van der Waals surface area contributed by atoms with Gasteiger partial charge in [0.25, 0.3) is 0 Å². The second-order valence-electron chi connectivity index (χ2n) is 7.86. The summed E-state index contributed by atoms with van der Waals surface area (Å²) in [5.74, 6) is 0.466. The summed E-state index contributed by atoms with van der Waals surface area (Å²) in [6.45, 7) is 4.80. The molecule has 2 aromatic carbocycles. The molecule has 6 heteroatoms. The van der Waals surface area contributed by atoms with Crippen LogP contribution in [0.2, 0.25) is 0 Å². The fraction of sp³-hybridized carbons (Fsp3) is 0.391. The van der Waals surface area contributed by atoms with Crippen LogP contribution in [0.15, 0.2) is 48.5 Å². The van der Waals surface area contributed by atoms with Crippen molar-refractivity contribution < 1.29 is 14.3 Å². The molecule has 6 nitrogen and oxygen atoms in total. The Balaban J connectivity index is 1.72. The molecule has 0 saturated carbocycles. The Morgan fingerprint density at radius 2 is 1.79 bits per heavy atom. The van der Waals surface area contributed by atoms with Gasteiger partial charge in [-0.05, 0) is 41.2 Å². The molecule has 3 rings (SSSR count). The summed E-state index contributed by atoms with van der Waals surface area (Å²) >= 11 is 0. The average Bonchev–Trinajstić information content (AvgIpc) is 2.71. The molecule has 0 saturated heterocycles. The summed E-state index contributed by atoms with van der Waals surface area (Å²) in [6.07, 6.45) is 0.533. The Bertz CT molecular complexity index is 864. The minimum atomic E-state index is -0.478. The highest BCUT2D eigenvalue weighted by Gasteiger charge is 2.31. The number of ether oxygens (including phenoxy) is 1. The Morgan fingerprint density at radius 1 is 1.14 bits per heavy atom. The maximum Gasteiger partial charge on any atom is 0.235 e. The van der Waals surface area contributed by atoms with E-state index in [-0.39, 0.29) is 24.4 Å². The van der Waals surface area contributed by atoms with Crippen molar-refractivity contribution in [1.82, 2.24) is 10.2 Å². The summed E-state index contributed by atoms with van der Waals surface area (Å²) in [6, 6.07) is 15.1. The second-order valence-corrected chi connectivity index (χ2v) is 7.86. The van der Waals surface area contributed by atoms with Gasteiger partial charge in [-0.2, -0.15) is 0 Å². The van der Waals surface area contributed by atoms with E-state index < -0.39 is 11.9 Å². The largest absolute Gasteiger partial charge is 0.497 e. The Kier molecular flexibility index (Phi) is 6.54. The van der Waals surface area contributed by atoms with Gasteiger partial charge in [0.05, 0.1) is 25.7 Å². The van der Waals surface area contributed by atoms with Gasteiger partial charge in [0.2, 0.25) is 11.8 Å². The number of carbonyl (C=O) groups is 2. The van der Waals surface area contributed by atoms with Crippen LogP contribution < -0.4 is 15.8 Å². The van der Waals surface area contributed by atoms with E-state index >= 15 is 0 Å². The molecule has 29 heavy (non-hydrogen) atoms. The van der Waals surface area contributed by atoms with Crippen molar-refractivity contribution in [1.29, 1.82) is 0 Å². The predicted octanol–water partition coefficient (Wildman–Crippen LogP) is 2.42. The lowest BCUT2D eigenvalue weighted by Crippen LogP contribution is -2.52. The van der Waals surface area contributed by atoms with Crippen LogP contribution in [-0.4, -0.2) is 36.4 Å². The number of benzene rings is 2. The topological polar surface area (TPSA) is 84.7 Å². The molecule has 1 aliphatic heterocycles. The van der Waals surface area contributed by atoms with Crippen LogP contribution >= 0.6 is 0 Å². The standard InChI is InChI=1S/C23H29N3O3/c1-15(2)22(16-8-10-19(29-3)11-9-16)25-21(27)14-26-13-18-7-5-4-6-17(18)12-20(26)23(24)28/h4-11,15,20,22H,12-14H2,1-3H3,(H2,24,28)(H,25,27)/t20-,22-/m1/s1. The number of methoxy groups -OCH3 is 1. The molecule has 2 amide bonds. The van der Waals surface area contributed by atoms with E-state index in [4.69, 9.17) is 10.5 Å². The molecular weight excluding hydrogens is 366 g/mol. The van der Waals surface area contributed by atoms with E-state index in [0.29, 0.717) is 13.0 Å². The van der Waals surface area contributed by atoms with Crippen LogP contribution in [0.5, 0.6) is 5.75 Å². The van der Waals surface area contributed by atoms with E-state index in [1.807, 2.05) is 53.4 Å². The van der Waals surface area contributed by atoms with Gasteiger partial charge in [0.15, 0.2) is 0 Å². The summed E-state index contributed by atoms with van der Waals surface area (Å²) in [4.78, 5) is 26.7. The minimum Gasteiger partial charge on any atom is -0.497 e. The molecule has 0 bridgehead atoms. The number of nitrogens with zero attached hydrogens (tertiary/aromatic N) is 1. The second kappa shape index (κ2) is 9.09. The first-order valence-electron chi connectivity index (χ1n) is 9.92. The summed E-state index contributed by atoms with van der Waals surface area (Å²) in [7, 11) is 1.63. The van der Waals surface area contributed by atoms with Gasteiger partial charge in [-0.1, -0.05) is 50.2 Å². The van der Waals surface area contributed by atoms with E-state index in [9.17, 15) is 9.59 Å². The minimum absolute atomic E-state index is 0.120. The SMILES string of the molecule is COc1ccc([C@H](NC(=O)CN2Cc3ccccc3C[C@@H]2C(N)=O)C(C)C)cc1. The van der Waals surface area contributed by atoms with Gasteiger partial charge in [0.1, 0.15) is 5.75 Å². The number of nitrogens with one attached hydrogen (secondary N) is 1. The fourth-order valence-electron chi connectivity index (χ4n) is 3.87. The molecule has 1 heterocycles. The van der Waals surface area contributed by atoms with Gasteiger partial charge in [-0.25, -0.2) is 0 Å². The number of amides is 2. The predicted molar refractivity (Wildman–Crippen MR) is 112 cm³/mol. The van der Waals surface area contributed by atoms with Gasteiger partial charge in [-0.15, -0.1) is 0 Å². The number of carbonyl (C=O) groups excluding carboxylic acids is 2. The van der Waals surface area contributed by atoms with Gasteiger partial charge in [0, 0.05) is 6.54 Å². The van der Waals surface area contributed by atoms with Crippen molar-refractivity contribution in [3.05, 3.63) is 65.2 Å². The lowest BCUT2D eigenvalue weighted by Gasteiger charge is -2.35. The van der Waals surface area contributed by atoms with Crippen LogP contribution in [0, 0.1) is 5.92 Å². The lowest BCUT2D eigenvalue weighted by atomic mass is 9.93. The van der Waals surface area contributed by atoms with Crippen molar-refractivity contribution >= 4 is 11.8 Å². The van der Waals surface area contributed by atoms with Crippen LogP contribution in [0.1, 0.15) is 36.6 Å². The third kappa shape index (κ3) is 4.95. The normalized spacial score (nSPS) is 17.4. The number of fused-ring (bicyclic) bond motifs is 1. The summed E-state index contributed by atoms with van der Waals surface area (Å²) in [5.41, 5.74) is 8.90. The number of hydrogen-bond acceptors (Lipinski definition) is 4. The Morgan fingerprint density at radius 3 is 2.38 bits per heavy atom. The zero-order chi connectivity index (χ0) is 21.0. The highest BCUT2D eigenvalue weighted by Crippen LogP contribution is 2.25. The van der Waals surface area contributed by atoms with Gasteiger partial charge >= 0.3 is 0 Å². The van der Waals surface area contributed by atoms with Crippen LogP contribution in [0.3, 0.4) is 0 Å². The number of rotatable bonds is 7. The smallest absolute Gasteiger partial charge is 0.235 e. The first-order chi connectivity index (χ1) is 13.9. The lowest BCUT2D eigenvalue weighted by molar-refractivity contribution is -0.128. The third-order valence-corrected chi connectivity index (χ3v) is 5.48. The number of nitrogens with two attached hydrogens (primary N) is 1. The molecule has 0 radical (unpaired) electrons. The quantitative estimate of drug-likeness (QED) is 0.754. The fourth-order valence-corrected chi connectivity index (χ4v) is 3.87. The maximum absolute atomic E-state index is 12.9. The zero-order valence-corrected chi connectivity index (χ0v) is 17.2. The first kappa shape index (κ1) is 20.9. The van der Waals surface area contributed by atoms with Crippen molar-refractivity contribution in [2.75, 3.05) is 13.7 Å². The molecule has 0 aromatic heterocycles. The van der Waals surface area contributed by atoms with Crippen molar-refractivity contribution in [3.8, 4) is 5.75 Å². The summed E-state index contributed by atoms with van der Waals surface area (Å²) < 4.78 is 5.22. The van der Waals surface area contributed by atoms with Gasteiger partial charge < -0.3 is 15.8 Å². The molecule has 0 fully saturated rings. The average molecular weight is 396 g/mol. The monoisotopic (exact) mass is 395 g/mol. The van der Waals surface area contributed by atoms with Crippen LogP contribution in [0.4, 0.5) is 0 Å². The Hall–Kier alpha value is -2.86. The van der Waals surface area contributed by atoms with E-state index in [2.05, 4.69) is 19.2 Å². The molecule has 1 aliphatic rings. The number of primary amides is 1. The molecule has 0 unspecified atom stereocenters. The molecule has 3 N–H and O–H groups in total. The van der Waals surface area contributed by atoms with E-state index in [1.165, 1.54) is 0 Å². The van der Waals surface area contributed by atoms with E-state index in [1.54, 1.807) is 7.11 Å². The van der Waals surface area contributed by atoms with Crippen LogP contribution in [0.25, 0.3) is 0 Å². The molecule has 2 aromatic rings. The molecule has 2 atom stereocenters. The number of hydrogen-bond donors (Lipinski definition) is 2. The summed E-state index contributed by atoms with van der Waals surface area (Å²) in [5, 5.41) is 3.13.